The van der Waals surface area contributed by atoms with Crippen molar-refractivity contribution in [3.63, 3.8) is 0 Å². The van der Waals surface area contributed by atoms with Gasteiger partial charge in [0.2, 0.25) is 0 Å². The van der Waals surface area contributed by atoms with Gasteiger partial charge in [-0.3, -0.25) is 0 Å². The van der Waals surface area contributed by atoms with Gasteiger partial charge in [-0.15, -0.1) is 0 Å². The zero-order valence-electron chi connectivity index (χ0n) is 14.4. The molecule has 2 aromatic carbocycles. The van der Waals surface area contributed by atoms with E-state index in [4.69, 9.17) is 4.98 Å². The molecule has 2 aromatic heterocycles. The van der Waals surface area contributed by atoms with Crippen molar-refractivity contribution in [2.45, 2.75) is 25.8 Å². The molecule has 0 saturated carbocycles. The van der Waals surface area contributed by atoms with Crippen molar-refractivity contribution < 1.29 is 0 Å². The van der Waals surface area contributed by atoms with Crippen LogP contribution in [0.5, 0.6) is 0 Å². The average molecular weight is 327 g/mol. The molecule has 1 saturated heterocycles. The Morgan fingerprint density at radius 1 is 1.04 bits per heavy atom. The number of aromatic amines is 1. The molecule has 0 aliphatic carbocycles. The Bertz CT molecular complexity index is 1060. The molecule has 0 amide bonds. The lowest BCUT2D eigenvalue weighted by Gasteiger charge is -2.26. The molecule has 0 bridgehead atoms. The molecule has 0 radical (unpaired) electrons. The highest BCUT2D eigenvalue weighted by molar-refractivity contribution is 5.92. The summed E-state index contributed by atoms with van der Waals surface area (Å²) >= 11 is 0. The van der Waals surface area contributed by atoms with E-state index >= 15 is 0 Å². The van der Waals surface area contributed by atoms with E-state index in [0.29, 0.717) is 6.04 Å². The van der Waals surface area contributed by atoms with Crippen LogP contribution in [0.1, 0.15) is 19.8 Å². The van der Waals surface area contributed by atoms with Gasteiger partial charge in [0.1, 0.15) is 0 Å². The molecule has 1 fully saturated rings. The second-order valence-corrected chi connectivity index (χ2v) is 7.01. The summed E-state index contributed by atoms with van der Waals surface area (Å²) in [5, 5.41) is 2.44. The first-order chi connectivity index (χ1) is 12.3. The van der Waals surface area contributed by atoms with Gasteiger partial charge in [0.15, 0.2) is 0 Å². The number of rotatable bonds is 2. The first-order valence-corrected chi connectivity index (χ1v) is 9.03. The van der Waals surface area contributed by atoms with E-state index in [1.807, 2.05) is 6.20 Å². The summed E-state index contributed by atoms with van der Waals surface area (Å²) in [6.07, 6.45) is 4.50. The fraction of sp³-hybridized carbons (Fsp3) is 0.227. The number of aromatic nitrogens is 2. The lowest BCUT2D eigenvalue weighted by Crippen LogP contribution is -2.27. The predicted molar refractivity (Wildman–Crippen MR) is 105 cm³/mol. The molecular formula is C22H21N3. The van der Waals surface area contributed by atoms with Crippen LogP contribution in [0.4, 0.5) is 5.69 Å². The first kappa shape index (κ1) is 14.5. The Hall–Kier alpha value is -2.81. The maximum atomic E-state index is 5.06. The van der Waals surface area contributed by atoms with Gasteiger partial charge in [0.25, 0.3) is 0 Å². The number of nitrogens with one attached hydrogen (secondary N) is 1. The third-order valence-electron chi connectivity index (χ3n) is 5.39. The lowest BCUT2D eigenvalue weighted by molar-refractivity contribution is 0.735. The minimum absolute atomic E-state index is 0.567. The van der Waals surface area contributed by atoms with Gasteiger partial charge in [-0.1, -0.05) is 24.3 Å². The predicted octanol–water partition coefficient (Wildman–Crippen LogP) is 5.37. The maximum absolute atomic E-state index is 5.06. The molecule has 1 unspecified atom stereocenters. The molecule has 4 aromatic rings. The van der Waals surface area contributed by atoms with Crippen LogP contribution >= 0.6 is 0 Å². The monoisotopic (exact) mass is 327 g/mol. The summed E-state index contributed by atoms with van der Waals surface area (Å²) in [7, 11) is 0. The fourth-order valence-electron chi connectivity index (χ4n) is 4.03. The Labute approximate surface area is 147 Å². The number of fused-ring (bicyclic) bond motifs is 2. The number of para-hydroxylation sites is 1. The summed E-state index contributed by atoms with van der Waals surface area (Å²) in [5.41, 5.74) is 5.77. The second-order valence-electron chi connectivity index (χ2n) is 7.01. The van der Waals surface area contributed by atoms with Crippen LogP contribution in [0.3, 0.4) is 0 Å². The lowest BCUT2D eigenvalue weighted by atomic mass is 10.0. The van der Waals surface area contributed by atoms with Crippen LogP contribution in [0.15, 0.2) is 60.8 Å². The molecule has 1 aliphatic rings. The number of H-pyrrole nitrogens is 1. The fourth-order valence-corrected chi connectivity index (χ4v) is 4.03. The zero-order valence-corrected chi connectivity index (χ0v) is 14.4. The first-order valence-electron chi connectivity index (χ1n) is 9.03. The highest BCUT2D eigenvalue weighted by Crippen LogP contribution is 2.37. The van der Waals surface area contributed by atoms with E-state index in [0.717, 1.165) is 17.8 Å². The van der Waals surface area contributed by atoms with Gasteiger partial charge < -0.3 is 9.88 Å². The SMILES string of the molecule is CC1CCCN1c1cc2ccccc2nc1-c1ccc2[nH]ccc2c1. The van der Waals surface area contributed by atoms with Crippen molar-refractivity contribution in [2.24, 2.45) is 0 Å². The molecule has 5 rings (SSSR count). The van der Waals surface area contributed by atoms with Crippen molar-refractivity contribution in [2.75, 3.05) is 11.4 Å². The van der Waals surface area contributed by atoms with Crippen LogP contribution < -0.4 is 4.90 Å². The van der Waals surface area contributed by atoms with E-state index in [9.17, 15) is 0 Å². The topological polar surface area (TPSA) is 31.9 Å². The van der Waals surface area contributed by atoms with Crippen LogP contribution in [0, 0.1) is 0 Å². The smallest absolute Gasteiger partial charge is 0.0943 e. The van der Waals surface area contributed by atoms with Crippen molar-refractivity contribution >= 4 is 27.5 Å². The normalized spacial score (nSPS) is 17.6. The Morgan fingerprint density at radius 3 is 2.84 bits per heavy atom. The molecule has 1 N–H and O–H groups in total. The number of hydrogen-bond acceptors (Lipinski definition) is 2. The van der Waals surface area contributed by atoms with Crippen molar-refractivity contribution in [1.82, 2.24) is 9.97 Å². The van der Waals surface area contributed by atoms with E-state index in [-0.39, 0.29) is 0 Å². The number of benzene rings is 2. The molecule has 3 nitrogen and oxygen atoms in total. The number of hydrogen-bond donors (Lipinski definition) is 1. The molecule has 1 aliphatic heterocycles. The Morgan fingerprint density at radius 2 is 1.96 bits per heavy atom. The van der Waals surface area contributed by atoms with Gasteiger partial charge in [-0.25, -0.2) is 4.98 Å². The zero-order chi connectivity index (χ0) is 16.8. The number of nitrogens with zero attached hydrogens (tertiary/aromatic N) is 2. The van der Waals surface area contributed by atoms with Crippen LogP contribution in [-0.4, -0.2) is 22.6 Å². The average Bonchev–Trinajstić information content (AvgIpc) is 3.28. The van der Waals surface area contributed by atoms with Gasteiger partial charge >= 0.3 is 0 Å². The highest BCUT2D eigenvalue weighted by atomic mass is 15.2. The van der Waals surface area contributed by atoms with E-state index < -0.39 is 0 Å². The molecular weight excluding hydrogens is 306 g/mol. The largest absolute Gasteiger partial charge is 0.367 e. The van der Waals surface area contributed by atoms with E-state index in [1.165, 1.54) is 40.4 Å². The number of pyridine rings is 1. The molecule has 1 atom stereocenters. The summed E-state index contributed by atoms with van der Waals surface area (Å²) < 4.78 is 0. The van der Waals surface area contributed by atoms with Crippen molar-refractivity contribution in [3.8, 4) is 11.3 Å². The van der Waals surface area contributed by atoms with Crippen LogP contribution in [0.2, 0.25) is 0 Å². The van der Waals surface area contributed by atoms with Gasteiger partial charge in [0, 0.05) is 40.6 Å². The molecule has 3 heterocycles. The van der Waals surface area contributed by atoms with Crippen molar-refractivity contribution in [3.05, 3.63) is 60.8 Å². The molecule has 0 spiro atoms. The minimum atomic E-state index is 0.567. The highest BCUT2D eigenvalue weighted by Gasteiger charge is 2.24. The minimum Gasteiger partial charge on any atom is -0.367 e. The summed E-state index contributed by atoms with van der Waals surface area (Å²) in [4.78, 5) is 10.9. The van der Waals surface area contributed by atoms with Gasteiger partial charge in [-0.2, -0.15) is 0 Å². The quantitative estimate of drug-likeness (QED) is 0.536. The third kappa shape index (κ3) is 2.39. The van der Waals surface area contributed by atoms with Crippen LogP contribution in [-0.2, 0) is 0 Å². The van der Waals surface area contributed by atoms with Crippen LogP contribution in [0.25, 0.3) is 33.1 Å². The standard InChI is InChI=1S/C22H21N3/c1-15-5-4-12-25(15)21-14-16-6-2-3-7-20(16)24-22(21)18-8-9-19-17(13-18)10-11-23-19/h2-3,6-11,13-15,23H,4-5,12H2,1H3. The Kier molecular flexibility index (Phi) is 3.27. The summed E-state index contributed by atoms with van der Waals surface area (Å²) in [6.45, 7) is 3.43. The van der Waals surface area contributed by atoms with Gasteiger partial charge in [-0.05, 0) is 50.1 Å². The van der Waals surface area contributed by atoms with E-state index in [2.05, 4.69) is 71.4 Å². The second kappa shape index (κ2) is 5.62. The van der Waals surface area contributed by atoms with Gasteiger partial charge in [0.05, 0.1) is 16.9 Å². The summed E-state index contributed by atoms with van der Waals surface area (Å²) in [6, 6.07) is 20.0. The number of anilines is 1. The molecule has 124 valence electrons. The Balaban J connectivity index is 1.76. The molecule has 25 heavy (non-hydrogen) atoms. The third-order valence-corrected chi connectivity index (χ3v) is 5.39. The maximum Gasteiger partial charge on any atom is 0.0943 e. The molecule has 3 heteroatoms. The summed E-state index contributed by atoms with van der Waals surface area (Å²) in [5.74, 6) is 0. The van der Waals surface area contributed by atoms with E-state index in [1.54, 1.807) is 0 Å². The van der Waals surface area contributed by atoms with Crippen molar-refractivity contribution in [1.29, 1.82) is 0 Å².